The molecule has 3 atom stereocenters. The number of nitrogens with two attached hydrogens (primary N) is 1. The molecular weight excluding hydrogens is 552 g/mol. The number of carbonyl (C=O) groups excluding carboxylic acids is 4. The standard InChI is InChI=1S/C29H37ClN4O7/c1-19(28(38)39)32-26(36)23(17-20-12-14-22(30)15-13-20)34-27(37)24(33-25(35)11-7-2-3-8-16-31)18-41-29(40)21-9-5-4-6-10-21/h4-6,9-10,12-15,19,23-24H,2-3,7-8,11,16-18,31H2,1H3,(H,32,36)(H,33,35)(H,34,37)(H,38,39)/t19-,23+,24-/m0/s1. The molecule has 0 heterocycles. The number of carboxylic acid groups (broad SMARTS) is 1. The van der Waals surface area contributed by atoms with Crippen LogP contribution in [0.25, 0.3) is 0 Å². The van der Waals surface area contributed by atoms with Gasteiger partial charge < -0.3 is 31.5 Å². The zero-order valence-corrected chi connectivity index (χ0v) is 23.7. The molecule has 2 rings (SSSR count). The summed E-state index contributed by atoms with van der Waals surface area (Å²) < 4.78 is 5.32. The van der Waals surface area contributed by atoms with Crippen LogP contribution in [0.3, 0.4) is 0 Å². The van der Waals surface area contributed by atoms with Gasteiger partial charge in [-0.05, 0) is 56.1 Å². The number of unbranched alkanes of at least 4 members (excludes halogenated alkanes) is 3. The molecular formula is C29H37ClN4O7. The Balaban J connectivity index is 2.18. The van der Waals surface area contributed by atoms with Crippen LogP contribution in [0, 0.1) is 0 Å². The van der Waals surface area contributed by atoms with E-state index in [2.05, 4.69) is 16.0 Å². The summed E-state index contributed by atoms with van der Waals surface area (Å²) in [5.74, 6) is -3.88. The number of aliphatic carboxylic acids is 1. The van der Waals surface area contributed by atoms with Crippen molar-refractivity contribution >= 4 is 41.3 Å². The molecule has 222 valence electrons. The van der Waals surface area contributed by atoms with Crippen LogP contribution < -0.4 is 21.7 Å². The molecule has 0 aliphatic carbocycles. The Labute approximate surface area is 244 Å². The van der Waals surface area contributed by atoms with Crippen LogP contribution in [-0.4, -0.2) is 66.0 Å². The molecule has 0 saturated carbocycles. The van der Waals surface area contributed by atoms with Gasteiger partial charge in [-0.25, -0.2) is 4.79 Å². The summed E-state index contributed by atoms with van der Waals surface area (Å²) in [6, 6.07) is 11.0. The first-order chi connectivity index (χ1) is 19.6. The lowest BCUT2D eigenvalue weighted by atomic mass is 10.0. The van der Waals surface area contributed by atoms with E-state index in [0.717, 1.165) is 19.3 Å². The van der Waals surface area contributed by atoms with Crippen molar-refractivity contribution in [3.05, 3.63) is 70.7 Å². The van der Waals surface area contributed by atoms with Crippen LogP contribution in [0.4, 0.5) is 0 Å². The number of amides is 3. The lowest BCUT2D eigenvalue weighted by molar-refractivity contribution is -0.141. The first kappa shape index (κ1) is 33.2. The second kappa shape index (κ2) is 17.7. The van der Waals surface area contributed by atoms with Gasteiger partial charge in [0.25, 0.3) is 0 Å². The minimum absolute atomic E-state index is 0.00664. The molecule has 3 amide bonds. The Morgan fingerprint density at radius 1 is 0.854 bits per heavy atom. The van der Waals surface area contributed by atoms with Crippen LogP contribution in [0.15, 0.2) is 54.6 Å². The van der Waals surface area contributed by atoms with Gasteiger partial charge in [-0.2, -0.15) is 0 Å². The Hall–Kier alpha value is -3.96. The predicted molar refractivity (Wildman–Crippen MR) is 153 cm³/mol. The molecule has 0 fully saturated rings. The van der Waals surface area contributed by atoms with Crippen molar-refractivity contribution in [1.29, 1.82) is 0 Å². The summed E-state index contributed by atoms with van der Waals surface area (Å²) in [7, 11) is 0. The van der Waals surface area contributed by atoms with Crippen molar-refractivity contribution < 1.29 is 33.8 Å². The number of carbonyl (C=O) groups is 5. The molecule has 0 unspecified atom stereocenters. The zero-order valence-electron chi connectivity index (χ0n) is 22.9. The van der Waals surface area contributed by atoms with Gasteiger partial charge in [-0.3, -0.25) is 19.2 Å². The monoisotopic (exact) mass is 588 g/mol. The molecule has 0 bridgehead atoms. The quantitative estimate of drug-likeness (QED) is 0.138. The summed E-state index contributed by atoms with van der Waals surface area (Å²) in [6.45, 7) is 1.37. The molecule has 0 spiro atoms. The van der Waals surface area contributed by atoms with Crippen LogP contribution in [-0.2, 0) is 30.3 Å². The molecule has 6 N–H and O–H groups in total. The van der Waals surface area contributed by atoms with E-state index in [1.165, 1.54) is 6.92 Å². The lowest BCUT2D eigenvalue weighted by Crippen LogP contribution is -2.57. The number of hydrogen-bond acceptors (Lipinski definition) is 7. The van der Waals surface area contributed by atoms with Crippen molar-refractivity contribution in [2.45, 2.75) is 63.6 Å². The van der Waals surface area contributed by atoms with Crippen LogP contribution in [0.1, 0.15) is 54.9 Å². The Morgan fingerprint density at radius 2 is 1.49 bits per heavy atom. The van der Waals surface area contributed by atoms with Gasteiger partial charge in [0, 0.05) is 17.9 Å². The highest BCUT2D eigenvalue weighted by Gasteiger charge is 2.29. The van der Waals surface area contributed by atoms with Gasteiger partial charge in [0.2, 0.25) is 17.7 Å². The van der Waals surface area contributed by atoms with E-state index in [4.69, 9.17) is 22.1 Å². The Kier molecular flexibility index (Phi) is 14.3. The van der Waals surface area contributed by atoms with E-state index >= 15 is 0 Å². The van der Waals surface area contributed by atoms with E-state index in [9.17, 15) is 29.1 Å². The van der Waals surface area contributed by atoms with Gasteiger partial charge in [0.15, 0.2) is 0 Å². The molecule has 12 heteroatoms. The number of esters is 1. The summed E-state index contributed by atoms with van der Waals surface area (Å²) in [4.78, 5) is 62.8. The molecule has 0 aliphatic heterocycles. The summed E-state index contributed by atoms with van der Waals surface area (Å²) >= 11 is 5.95. The number of rotatable bonds is 17. The van der Waals surface area contributed by atoms with E-state index in [-0.39, 0.29) is 18.4 Å². The number of benzene rings is 2. The third kappa shape index (κ3) is 12.4. The first-order valence-electron chi connectivity index (χ1n) is 13.4. The van der Waals surface area contributed by atoms with Crippen molar-refractivity contribution in [1.82, 2.24) is 16.0 Å². The second-order valence-corrected chi connectivity index (χ2v) is 9.93. The van der Waals surface area contributed by atoms with E-state index in [1.54, 1.807) is 54.6 Å². The third-order valence-electron chi connectivity index (χ3n) is 6.12. The summed E-state index contributed by atoms with van der Waals surface area (Å²) in [5.41, 5.74) is 6.41. The van der Waals surface area contributed by atoms with Gasteiger partial charge in [0.1, 0.15) is 24.7 Å². The van der Waals surface area contributed by atoms with E-state index in [0.29, 0.717) is 23.6 Å². The van der Waals surface area contributed by atoms with Crippen molar-refractivity contribution in [3.63, 3.8) is 0 Å². The van der Waals surface area contributed by atoms with E-state index < -0.39 is 54.4 Å². The average Bonchev–Trinajstić information content (AvgIpc) is 2.95. The largest absolute Gasteiger partial charge is 0.480 e. The summed E-state index contributed by atoms with van der Waals surface area (Å²) in [5, 5.41) is 17.2. The minimum atomic E-state index is -1.31. The predicted octanol–water partition coefficient (Wildman–Crippen LogP) is 2.21. The van der Waals surface area contributed by atoms with Crippen molar-refractivity contribution in [3.8, 4) is 0 Å². The molecule has 2 aromatic carbocycles. The first-order valence-corrected chi connectivity index (χ1v) is 13.8. The fraction of sp³-hybridized carbons (Fsp3) is 0.414. The number of ether oxygens (including phenoxy) is 1. The third-order valence-corrected chi connectivity index (χ3v) is 6.37. The number of hydrogen-bond donors (Lipinski definition) is 5. The average molecular weight is 589 g/mol. The smallest absolute Gasteiger partial charge is 0.338 e. The van der Waals surface area contributed by atoms with Crippen LogP contribution >= 0.6 is 11.6 Å². The topological polar surface area (TPSA) is 177 Å². The van der Waals surface area contributed by atoms with Gasteiger partial charge in [-0.1, -0.05) is 54.8 Å². The van der Waals surface area contributed by atoms with Gasteiger partial charge >= 0.3 is 11.9 Å². The molecule has 11 nitrogen and oxygen atoms in total. The number of nitrogens with one attached hydrogen (secondary N) is 3. The lowest BCUT2D eigenvalue weighted by Gasteiger charge is -2.24. The molecule has 0 aliphatic rings. The molecule has 41 heavy (non-hydrogen) atoms. The zero-order chi connectivity index (χ0) is 30.2. The Bertz CT molecular complexity index is 1160. The number of halogens is 1. The fourth-order valence-electron chi connectivity index (χ4n) is 3.76. The second-order valence-electron chi connectivity index (χ2n) is 9.50. The maximum absolute atomic E-state index is 13.4. The molecule has 0 aromatic heterocycles. The van der Waals surface area contributed by atoms with Crippen LogP contribution in [0.5, 0.6) is 0 Å². The molecule has 0 radical (unpaired) electrons. The molecule has 2 aromatic rings. The van der Waals surface area contributed by atoms with Crippen molar-refractivity contribution in [2.24, 2.45) is 5.73 Å². The van der Waals surface area contributed by atoms with E-state index in [1.807, 2.05) is 0 Å². The normalized spacial score (nSPS) is 12.9. The maximum Gasteiger partial charge on any atom is 0.338 e. The fourth-order valence-corrected chi connectivity index (χ4v) is 3.89. The number of carboxylic acids is 1. The van der Waals surface area contributed by atoms with Gasteiger partial charge in [0.05, 0.1) is 5.56 Å². The van der Waals surface area contributed by atoms with Gasteiger partial charge in [-0.15, -0.1) is 0 Å². The van der Waals surface area contributed by atoms with Crippen molar-refractivity contribution in [2.75, 3.05) is 13.2 Å². The SMILES string of the molecule is C[C@H](NC(=O)[C@@H](Cc1ccc(Cl)cc1)NC(=O)[C@H](COC(=O)c1ccccc1)NC(=O)CCCCCCN)C(=O)O. The highest BCUT2D eigenvalue weighted by molar-refractivity contribution is 6.30. The highest BCUT2D eigenvalue weighted by Crippen LogP contribution is 2.12. The minimum Gasteiger partial charge on any atom is -0.480 e. The maximum atomic E-state index is 13.4. The van der Waals surface area contributed by atoms with Crippen LogP contribution in [0.2, 0.25) is 5.02 Å². The summed E-state index contributed by atoms with van der Waals surface area (Å²) in [6.07, 6.45) is 3.24. The Morgan fingerprint density at radius 3 is 2.12 bits per heavy atom. The molecule has 0 saturated heterocycles. The highest BCUT2D eigenvalue weighted by atomic mass is 35.5.